The van der Waals surface area contributed by atoms with Gasteiger partial charge in [-0.3, -0.25) is 0 Å². The summed E-state index contributed by atoms with van der Waals surface area (Å²) in [6.07, 6.45) is 4.53. The van der Waals surface area contributed by atoms with Gasteiger partial charge in [0.2, 0.25) is 10.0 Å². The third kappa shape index (κ3) is 3.86. The van der Waals surface area contributed by atoms with Crippen LogP contribution in [0.5, 0.6) is 0 Å². The van der Waals surface area contributed by atoms with Crippen LogP contribution in [0, 0.1) is 12.8 Å². The number of rotatable bonds is 5. The zero-order valence-electron chi connectivity index (χ0n) is 12.4. The molecule has 118 valence electrons. The van der Waals surface area contributed by atoms with E-state index in [9.17, 15) is 13.5 Å². The lowest BCUT2D eigenvalue weighted by Crippen LogP contribution is -2.37. The summed E-state index contributed by atoms with van der Waals surface area (Å²) >= 11 is 3.35. The molecular formula is C15H22BrNO3S. The molecule has 1 aromatic rings. The van der Waals surface area contributed by atoms with E-state index in [1.54, 1.807) is 6.07 Å². The predicted molar refractivity (Wildman–Crippen MR) is 86.5 cm³/mol. The average Bonchev–Trinajstić information content (AvgIpc) is 2.95. The minimum atomic E-state index is -3.59. The van der Waals surface area contributed by atoms with Crippen molar-refractivity contribution in [3.05, 3.63) is 27.7 Å². The van der Waals surface area contributed by atoms with Crippen molar-refractivity contribution in [2.45, 2.75) is 57.1 Å². The highest BCUT2D eigenvalue weighted by Gasteiger charge is 2.27. The van der Waals surface area contributed by atoms with Gasteiger partial charge >= 0.3 is 0 Å². The van der Waals surface area contributed by atoms with Crippen molar-refractivity contribution in [3.63, 3.8) is 0 Å². The van der Waals surface area contributed by atoms with E-state index >= 15 is 0 Å². The number of aliphatic hydroxyl groups is 1. The first kappa shape index (κ1) is 16.9. The topological polar surface area (TPSA) is 66.4 Å². The molecule has 2 rings (SSSR count). The molecule has 0 saturated heterocycles. The lowest BCUT2D eigenvalue weighted by molar-refractivity contribution is 0.281. The van der Waals surface area contributed by atoms with Crippen molar-refractivity contribution in [1.82, 2.24) is 4.72 Å². The molecule has 1 aromatic carbocycles. The van der Waals surface area contributed by atoms with Crippen molar-refractivity contribution in [1.29, 1.82) is 0 Å². The van der Waals surface area contributed by atoms with E-state index in [2.05, 4.69) is 20.7 Å². The molecule has 1 atom stereocenters. The van der Waals surface area contributed by atoms with Crippen LogP contribution >= 0.6 is 15.9 Å². The Bertz CT molecular complexity index is 610. The Kier molecular flexibility index (Phi) is 5.46. The first-order valence-electron chi connectivity index (χ1n) is 7.27. The van der Waals surface area contributed by atoms with Crippen LogP contribution in [-0.4, -0.2) is 19.6 Å². The van der Waals surface area contributed by atoms with Crippen LogP contribution in [0.4, 0.5) is 0 Å². The maximum Gasteiger partial charge on any atom is 0.241 e. The molecule has 4 nitrogen and oxygen atoms in total. The van der Waals surface area contributed by atoms with Gasteiger partial charge in [0.15, 0.2) is 0 Å². The third-order valence-corrected chi connectivity index (χ3v) is 7.10. The van der Waals surface area contributed by atoms with Gasteiger partial charge in [0.05, 0.1) is 11.5 Å². The van der Waals surface area contributed by atoms with E-state index in [-0.39, 0.29) is 17.5 Å². The van der Waals surface area contributed by atoms with E-state index < -0.39 is 10.0 Å². The molecule has 0 radical (unpaired) electrons. The lowest BCUT2D eigenvalue weighted by atomic mass is 10.0. The van der Waals surface area contributed by atoms with Crippen LogP contribution in [-0.2, 0) is 16.6 Å². The predicted octanol–water partition coefficient (Wildman–Crippen LogP) is 3.11. The summed E-state index contributed by atoms with van der Waals surface area (Å²) in [6.45, 7) is 3.58. The summed E-state index contributed by atoms with van der Waals surface area (Å²) in [4.78, 5) is 0.205. The molecule has 1 aliphatic carbocycles. The standard InChI is InChI=1S/C15H22BrNO3S/c1-10-7-12(9-18)8-14(15(10)16)21(19,20)17-11(2)13-5-3-4-6-13/h7-8,11,13,17-18H,3-6,9H2,1-2H3. The van der Waals surface area contributed by atoms with Crippen LogP contribution in [0.15, 0.2) is 21.5 Å². The Morgan fingerprint density at radius 2 is 2.00 bits per heavy atom. The maximum atomic E-state index is 12.6. The molecular weight excluding hydrogens is 354 g/mol. The van der Waals surface area contributed by atoms with Gasteiger partial charge in [-0.25, -0.2) is 13.1 Å². The van der Waals surface area contributed by atoms with Gasteiger partial charge in [0.25, 0.3) is 0 Å². The Morgan fingerprint density at radius 3 is 2.57 bits per heavy atom. The monoisotopic (exact) mass is 375 g/mol. The Hall–Kier alpha value is -0.430. The molecule has 1 saturated carbocycles. The lowest BCUT2D eigenvalue weighted by Gasteiger charge is -2.21. The molecule has 0 heterocycles. The first-order valence-corrected chi connectivity index (χ1v) is 9.55. The number of hydrogen-bond acceptors (Lipinski definition) is 3. The summed E-state index contributed by atoms with van der Waals surface area (Å²) in [5.41, 5.74) is 1.40. The summed E-state index contributed by atoms with van der Waals surface area (Å²) in [5.74, 6) is 0.417. The fraction of sp³-hybridized carbons (Fsp3) is 0.600. The molecule has 21 heavy (non-hydrogen) atoms. The van der Waals surface area contributed by atoms with E-state index in [1.165, 1.54) is 18.9 Å². The average molecular weight is 376 g/mol. The number of nitrogens with one attached hydrogen (secondary N) is 1. The fourth-order valence-electron chi connectivity index (χ4n) is 2.96. The molecule has 1 aliphatic rings. The Morgan fingerprint density at radius 1 is 1.38 bits per heavy atom. The van der Waals surface area contributed by atoms with Crippen molar-refractivity contribution in [3.8, 4) is 0 Å². The number of aliphatic hydroxyl groups excluding tert-OH is 1. The van der Waals surface area contributed by atoms with Gasteiger partial charge < -0.3 is 5.11 Å². The van der Waals surface area contributed by atoms with E-state index in [0.717, 1.165) is 18.4 Å². The van der Waals surface area contributed by atoms with Crippen molar-refractivity contribution < 1.29 is 13.5 Å². The van der Waals surface area contributed by atoms with Crippen molar-refractivity contribution in [2.75, 3.05) is 0 Å². The molecule has 0 aromatic heterocycles. The van der Waals surface area contributed by atoms with Crippen LogP contribution in [0.25, 0.3) is 0 Å². The van der Waals surface area contributed by atoms with Crippen molar-refractivity contribution >= 4 is 26.0 Å². The van der Waals surface area contributed by atoms with Gasteiger partial charge in [-0.1, -0.05) is 18.9 Å². The SMILES string of the molecule is Cc1cc(CO)cc(S(=O)(=O)NC(C)C2CCCC2)c1Br. The van der Waals surface area contributed by atoms with Crippen molar-refractivity contribution in [2.24, 2.45) is 5.92 Å². The Balaban J connectivity index is 2.28. The number of hydrogen-bond donors (Lipinski definition) is 2. The fourth-order valence-corrected chi connectivity index (χ4v) is 5.34. The van der Waals surface area contributed by atoms with E-state index in [1.807, 2.05) is 13.8 Å². The quantitative estimate of drug-likeness (QED) is 0.830. The van der Waals surface area contributed by atoms with Gasteiger partial charge in [0.1, 0.15) is 0 Å². The zero-order chi connectivity index (χ0) is 15.6. The molecule has 0 bridgehead atoms. The van der Waals surface area contributed by atoms with Gasteiger partial charge in [-0.05, 0) is 65.7 Å². The number of benzene rings is 1. The highest BCUT2D eigenvalue weighted by Crippen LogP contribution is 2.30. The van der Waals surface area contributed by atoms with Crippen LogP contribution in [0.2, 0.25) is 0 Å². The molecule has 0 spiro atoms. The third-order valence-electron chi connectivity index (χ3n) is 4.20. The Labute approximate surface area is 135 Å². The molecule has 6 heteroatoms. The zero-order valence-corrected chi connectivity index (χ0v) is 14.8. The second kappa shape index (κ2) is 6.77. The second-order valence-electron chi connectivity index (χ2n) is 5.84. The van der Waals surface area contributed by atoms with E-state index in [0.29, 0.717) is 16.0 Å². The summed E-state index contributed by atoms with van der Waals surface area (Å²) < 4.78 is 28.6. The minimum Gasteiger partial charge on any atom is -0.392 e. The van der Waals surface area contributed by atoms with Crippen LogP contribution in [0.3, 0.4) is 0 Å². The largest absolute Gasteiger partial charge is 0.392 e. The highest BCUT2D eigenvalue weighted by molar-refractivity contribution is 9.10. The van der Waals surface area contributed by atoms with Gasteiger partial charge in [-0.15, -0.1) is 0 Å². The van der Waals surface area contributed by atoms with Gasteiger partial charge in [-0.2, -0.15) is 0 Å². The van der Waals surface area contributed by atoms with E-state index in [4.69, 9.17) is 0 Å². The summed E-state index contributed by atoms with van der Waals surface area (Å²) in [7, 11) is -3.59. The highest BCUT2D eigenvalue weighted by atomic mass is 79.9. The number of sulfonamides is 1. The molecule has 2 N–H and O–H groups in total. The van der Waals surface area contributed by atoms with Crippen LogP contribution in [0.1, 0.15) is 43.7 Å². The summed E-state index contributed by atoms with van der Waals surface area (Å²) in [5, 5.41) is 9.27. The van der Waals surface area contributed by atoms with Crippen LogP contribution < -0.4 is 4.72 Å². The molecule has 0 aliphatic heterocycles. The maximum absolute atomic E-state index is 12.6. The molecule has 1 unspecified atom stereocenters. The smallest absolute Gasteiger partial charge is 0.241 e. The second-order valence-corrected chi connectivity index (χ2v) is 8.31. The minimum absolute atomic E-state index is 0.0671. The normalized spacial score (nSPS) is 18.1. The summed E-state index contributed by atoms with van der Waals surface area (Å²) in [6, 6.07) is 3.24. The van der Waals surface area contributed by atoms with Gasteiger partial charge in [0, 0.05) is 10.5 Å². The molecule has 1 fully saturated rings. The molecule has 0 amide bonds. The number of aryl methyl sites for hydroxylation is 1. The first-order chi connectivity index (χ1) is 9.85. The number of halogens is 1.